The van der Waals surface area contributed by atoms with E-state index in [1.54, 1.807) is 12.1 Å². The van der Waals surface area contributed by atoms with Crippen LogP contribution in [0.2, 0.25) is 0 Å². The second kappa shape index (κ2) is 7.84. The maximum absolute atomic E-state index is 12.6. The highest BCUT2D eigenvalue weighted by Gasteiger charge is 2.34. The maximum Gasteiger partial charge on any atom is 0.251 e. The van der Waals surface area contributed by atoms with Crippen LogP contribution in [0.25, 0.3) is 0 Å². The summed E-state index contributed by atoms with van der Waals surface area (Å²) in [5, 5.41) is 6.63. The summed E-state index contributed by atoms with van der Waals surface area (Å²) in [5.74, 6) is 0.280. The van der Waals surface area contributed by atoms with Crippen molar-refractivity contribution in [3.8, 4) is 0 Å². The lowest BCUT2D eigenvalue weighted by Gasteiger charge is -2.29. The monoisotopic (exact) mass is 399 g/mol. The van der Waals surface area contributed by atoms with Crippen LogP contribution in [-0.2, 0) is 10.0 Å². The Bertz CT molecular complexity index is 755. The normalized spacial score (nSPS) is 27.6. The van der Waals surface area contributed by atoms with Gasteiger partial charge in [-0.3, -0.25) is 4.79 Å². The van der Waals surface area contributed by atoms with Crippen molar-refractivity contribution in [3.63, 3.8) is 0 Å². The Morgan fingerprint density at radius 1 is 1.12 bits per heavy atom. The largest absolute Gasteiger partial charge is 0.349 e. The van der Waals surface area contributed by atoms with E-state index in [2.05, 4.69) is 15.4 Å². The number of nitrogens with one attached hydrogen (secondary N) is 3. The lowest BCUT2D eigenvalue weighted by atomic mass is 9.99. The fraction of sp³-hybridized carbons (Fsp3) is 0.611. The summed E-state index contributed by atoms with van der Waals surface area (Å²) in [6, 6.07) is 7.48. The van der Waals surface area contributed by atoms with Gasteiger partial charge in [0.1, 0.15) is 0 Å². The van der Waals surface area contributed by atoms with E-state index in [4.69, 9.17) is 0 Å². The molecule has 0 aromatic heterocycles. The van der Waals surface area contributed by atoms with Crippen molar-refractivity contribution >= 4 is 28.3 Å². The molecule has 144 valence electrons. The zero-order valence-corrected chi connectivity index (χ0v) is 16.2. The minimum absolute atomic E-state index is 0. The zero-order valence-electron chi connectivity index (χ0n) is 14.6. The average Bonchev–Trinajstić information content (AvgIpc) is 3.37. The molecule has 2 unspecified atom stereocenters. The first-order valence-electron chi connectivity index (χ1n) is 9.16. The molecule has 26 heavy (non-hydrogen) atoms. The van der Waals surface area contributed by atoms with Crippen LogP contribution >= 0.6 is 12.4 Å². The molecule has 1 aliphatic carbocycles. The van der Waals surface area contributed by atoms with Crippen molar-refractivity contribution in [2.45, 2.75) is 61.5 Å². The molecule has 2 heterocycles. The van der Waals surface area contributed by atoms with Gasteiger partial charge in [0.05, 0.1) is 4.90 Å². The molecule has 2 saturated heterocycles. The fourth-order valence-corrected chi connectivity index (χ4v) is 5.04. The molecular weight excluding hydrogens is 374 g/mol. The van der Waals surface area contributed by atoms with Gasteiger partial charge < -0.3 is 10.6 Å². The Labute approximate surface area is 161 Å². The Morgan fingerprint density at radius 2 is 1.81 bits per heavy atom. The Balaban J connectivity index is 0.00000196. The number of carbonyl (C=O) groups excluding carboxylic acids is 1. The first-order valence-corrected chi connectivity index (χ1v) is 10.6. The summed E-state index contributed by atoms with van der Waals surface area (Å²) in [5.41, 5.74) is 0.403. The van der Waals surface area contributed by atoms with Gasteiger partial charge >= 0.3 is 0 Å². The summed E-state index contributed by atoms with van der Waals surface area (Å²) in [7, 11) is -3.55. The van der Waals surface area contributed by atoms with E-state index in [1.807, 2.05) is 0 Å². The molecule has 2 bridgehead atoms. The third-order valence-corrected chi connectivity index (χ3v) is 6.90. The molecule has 3 fully saturated rings. The Hall–Kier alpha value is -1.15. The van der Waals surface area contributed by atoms with Crippen LogP contribution in [0.15, 0.2) is 29.2 Å². The molecule has 2 aliphatic heterocycles. The van der Waals surface area contributed by atoms with Gasteiger partial charge in [-0.05, 0) is 62.6 Å². The van der Waals surface area contributed by atoms with Crippen molar-refractivity contribution < 1.29 is 13.2 Å². The van der Waals surface area contributed by atoms with E-state index < -0.39 is 10.0 Å². The van der Waals surface area contributed by atoms with Crippen LogP contribution in [0.4, 0.5) is 0 Å². The summed E-state index contributed by atoms with van der Waals surface area (Å²) in [4.78, 5) is 12.7. The lowest BCUT2D eigenvalue weighted by molar-refractivity contribution is 0.0923. The van der Waals surface area contributed by atoms with E-state index in [0.717, 1.165) is 25.7 Å². The molecule has 1 aromatic rings. The van der Waals surface area contributed by atoms with Gasteiger partial charge in [-0.2, -0.15) is 0 Å². The number of halogens is 1. The van der Waals surface area contributed by atoms with Gasteiger partial charge in [0.25, 0.3) is 5.91 Å². The van der Waals surface area contributed by atoms with E-state index in [0.29, 0.717) is 30.1 Å². The van der Waals surface area contributed by atoms with Gasteiger partial charge in [-0.15, -0.1) is 12.4 Å². The van der Waals surface area contributed by atoms with Crippen LogP contribution in [0.1, 0.15) is 48.9 Å². The zero-order chi connectivity index (χ0) is 17.4. The predicted octanol–water partition coefficient (Wildman–Crippen LogP) is 1.81. The van der Waals surface area contributed by atoms with Crippen LogP contribution in [0, 0.1) is 5.92 Å². The highest BCUT2D eigenvalue weighted by atomic mass is 35.5. The molecule has 1 saturated carbocycles. The van der Waals surface area contributed by atoms with Crippen LogP contribution in [0.3, 0.4) is 0 Å². The van der Waals surface area contributed by atoms with Gasteiger partial charge in [0, 0.05) is 30.2 Å². The topological polar surface area (TPSA) is 87.3 Å². The van der Waals surface area contributed by atoms with E-state index in [1.165, 1.54) is 25.0 Å². The van der Waals surface area contributed by atoms with E-state index >= 15 is 0 Å². The van der Waals surface area contributed by atoms with Crippen molar-refractivity contribution in [1.82, 2.24) is 15.4 Å². The molecular formula is C18H26ClN3O3S. The standard InChI is InChI=1S/C18H25N3O3S.ClH/c22-18(21-16-9-14-6-7-15(10-16)20-14)13-2-1-3-17(8-13)25(23,24)19-11-12-4-5-12;/h1-3,8,12,14-16,19-20H,4-7,9-11H2,(H,21,22);1H. The lowest BCUT2D eigenvalue weighted by Crippen LogP contribution is -2.48. The maximum atomic E-state index is 12.6. The van der Waals surface area contributed by atoms with Gasteiger partial charge in [0.15, 0.2) is 0 Å². The smallest absolute Gasteiger partial charge is 0.251 e. The minimum atomic E-state index is -3.55. The SMILES string of the molecule is Cl.O=C(NC1CC2CCC(C1)N2)c1cccc(S(=O)(=O)NCC2CC2)c1. The molecule has 1 amide bonds. The van der Waals surface area contributed by atoms with Gasteiger partial charge in [0.2, 0.25) is 10.0 Å². The predicted molar refractivity (Wildman–Crippen MR) is 102 cm³/mol. The molecule has 8 heteroatoms. The van der Waals surface area contributed by atoms with E-state index in [9.17, 15) is 13.2 Å². The number of piperidine rings is 1. The first kappa shape index (κ1) is 19.6. The molecule has 0 radical (unpaired) electrons. The van der Waals surface area contributed by atoms with E-state index in [-0.39, 0.29) is 29.3 Å². The molecule has 0 spiro atoms. The number of carbonyl (C=O) groups is 1. The first-order chi connectivity index (χ1) is 12.0. The Morgan fingerprint density at radius 3 is 2.46 bits per heavy atom. The highest BCUT2D eigenvalue weighted by Crippen LogP contribution is 2.28. The number of amides is 1. The van der Waals surface area contributed by atoms with Gasteiger partial charge in [-0.25, -0.2) is 13.1 Å². The number of fused-ring (bicyclic) bond motifs is 2. The van der Waals surface area contributed by atoms with Crippen LogP contribution < -0.4 is 15.4 Å². The molecule has 3 aliphatic rings. The van der Waals surface area contributed by atoms with Gasteiger partial charge in [-0.1, -0.05) is 6.07 Å². The summed E-state index contributed by atoms with van der Waals surface area (Å²) in [6.45, 7) is 0.483. The number of sulfonamides is 1. The number of rotatable bonds is 6. The van der Waals surface area contributed by atoms with Crippen LogP contribution in [-0.4, -0.2) is 39.0 Å². The molecule has 6 nitrogen and oxygen atoms in total. The minimum Gasteiger partial charge on any atom is -0.349 e. The number of benzene rings is 1. The summed E-state index contributed by atoms with van der Waals surface area (Å²) in [6.07, 6.45) is 6.42. The summed E-state index contributed by atoms with van der Waals surface area (Å²) < 4.78 is 27.4. The highest BCUT2D eigenvalue weighted by molar-refractivity contribution is 7.89. The second-order valence-corrected chi connectivity index (χ2v) is 9.37. The second-order valence-electron chi connectivity index (χ2n) is 7.60. The third kappa shape index (κ3) is 4.57. The summed E-state index contributed by atoms with van der Waals surface area (Å²) >= 11 is 0. The van der Waals surface area contributed by atoms with Crippen LogP contribution in [0.5, 0.6) is 0 Å². The van der Waals surface area contributed by atoms with Crippen molar-refractivity contribution in [2.24, 2.45) is 5.92 Å². The van der Waals surface area contributed by atoms with Crippen molar-refractivity contribution in [3.05, 3.63) is 29.8 Å². The third-order valence-electron chi connectivity index (χ3n) is 5.47. The molecule has 1 aromatic carbocycles. The number of hydrogen-bond acceptors (Lipinski definition) is 4. The van der Waals surface area contributed by atoms with Crippen molar-refractivity contribution in [1.29, 1.82) is 0 Å². The molecule has 3 N–H and O–H groups in total. The average molecular weight is 400 g/mol. The number of hydrogen-bond donors (Lipinski definition) is 3. The quantitative estimate of drug-likeness (QED) is 0.680. The molecule has 2 atom stereocenters. The Kier molecular flexibility index (Phi) is 5.91. The van der Waals surface area contributed by atoms with Crippen molar-refractivity contribution in [2.75, 3.05) is 6.54 Å². The fourth-order valence-electron chi connectivity index (χ4n) is 3.88. The molecule has 4 rings (SSSR count).